The smallest absolute Gasteiger partial charge is 0.323 e. The Hall–Kier alpha value is -3.00. The molecule has 7 nitrogen and oxygen atoms in total. The fourth-order valence-electron chi connectivity index (χ4n) is 4.08. The van der Waals surface area contributed by atoms with E-state index in [1.54, 1.807) is 6.08 Å². The van der Waals surface area contributed by atoms with Crippen LogP contribution in [0, 0.1) is 0 Å². The lowest BCUT2D eigenvalue weighted by Crippen LogP contribution is -2.49. The van der Waals surface area contributed by atoms with Crippen LogP contribution in [0.1, 0.15) is 32.1 Å². The zero-order valence-electron chi connectivity index (χ0n) is 16.7. The fourth-order valence-corrected chi connectivity index (χ4v) is 4.94. The number of hydrogen-bond acceptors (Lipinski definition) is 5. The Morgan fingerprint density at radius 2 is 1.97 bits per heavy atom. The van der Waals surface area contributed by atoms with Crippen molar-refractivity contribution >= 4 is 34.3 Å². The molecule has 1 N–H and O–H groups in total. The number of anilines is 1. The van der Waals surface area contributed by atoms with E-state index in [0.717, 1.165) is 35.4 Å². The number of imide groups is 1. The quantitative estimate of drug-likeness (QED) is 0.568. The summed E-state index contributed by atoms with van der Waals surface area (Å²) in [6.45, 7) is 3.67. The lowest BCUT2D eigenvalue weighted by Gasteiger charge is -2.30. The number of nitrogens with zero attached hydrogens (tertiary/aromatic N) is 3. The van der Waals surface area contributed by atoms with Gasteiger partial charge in [-0.25, -0.2) is 9.78 Å². The van der Waals surface area contributed by atoms with E-state index in [9.17, 15) is 14.4 Å². The molecule has 1 aromatic carbocycles. The highest BCUT2D eigenvalue weighted by Gasteiger charge is 2.51. The van der Waals surface area contributed by atoms with Crippen molar-refractivity contribution in [2.24, 2.45) is 0 Å². The molecule has 30 heavy (non-hydrogen) atoms. The van der Waals surface area contributed by atoms with Crippen LogP contribution in [0.4, 0.5) is 9.93 Å². The third-order valence-electron chi connectivity index (χ3n) is 5.65. The molecule has 0 bridgehead atoms. The lowest BCUT2D eigenvalue weighted by molar-refractivity contribution is -0.135. The maximum absolute atomic E-state index is 13.1. The van der Waals surface area contributed by atoms with E-state index in [2.05, 4.69) is 16.9 Å². The minimum atomic E-state index is -0.833. The second-order valence-corrected chi connectivity index (χ2v) is 8.48. The van der Waals surface area contributed by atoms with Crippen LogP contribution in [0.3, 0.4) is 0 Å². The Kier molecular flexibility index (Phi) is 5.67. The molecule has 1 aromatic heterocycles. The first-order chi connectivity index (χ1) is 14.5. The molecular formula is C22H24N4O3S. The lowest BCUT2D eigenvalue weighted by atomic mass is 9.82. The first-order valence-electron chi connectivity index (χ1n) is 10.1. The predicted molar refractivity (Wildman–Crippen MR) is 116 cm³/mol. The van der Waals surface area contributed by atoms with Gasteiger partial charge in [-0.2, -0.15) is 0 Å². The van der Waals surface area contributed by atoms with Crippen molar-refractivity contribution in [1.29, 1.82) is 0 Å². The van der Waals surface area contributed by atoms with Crippen molar-refractivity contribution in [2.75, 3.05) is 18.0 Å². The highest BCUT2D eigenvalue weighted by Crippen LogP contribution is 2.34. The van der Waals surface area contributed by atoms with Crippen LogP contribution in [0.2, 0.25) is 0 Å². The topological polar surface area (TPSA) is 82.6 Å². The molecule has 4 amide bonds. The SMILES string of the molecule is C=CCN(C(=O)CN1C(=O)NC2(CCCCC2)C1=O)c1nc(-c2ccccc2)cs1. The second-order valence-electron chi connectivity index (χ2n) is 7.64. The van der Waals surface area contributed by atoms with Gasteiger partial charge in [0.05, 0.1) is 5.69 Å². The molecule has 8 heteroatoms. The van der Waals surface area contributed by atoms with E-state index in [4.69, 9.17) is 0 Å². The van der Waals surface area contributed by atoms with Gasteiger partial charge < -0.3 is 5.32 Å². The zero-order chi connectivity index (χ0) is 21.1. The zero-order valence-corrected chi connectivity index (χ0v) is 17.5. The number of aromatic nitrogens is 1. The third-order valence-corrected chi connectivity index (χ3v) is 6.52. The van der Waals surface area contributed by atoms with Gasteiger partial charge >= 0.3 is 6.03 Å². The van der Waals surface area contributed by atoms with Crippen molar-refractivity contribution in [1.82, 2.24) is 15.2 Å². The minimum absolute atomic E-state index is 0.245. The van der Waals surface area contributed by atoms with Gasteiger partial charge in [0.2, 0.25) is 5.91 Å². The number of nitrogens with one attached hydrogen (secondary N) is 1. The summed E-state index contributed by atoms with van der Waals surface area (Å²) in [6, 6.07) is 9.21. The summed E-state index contributed by atoms with van der Waals surface area (Å²) in [6.07, 6.45) is 5.73. The third kappa shape index (κ3) is 3.75. The van der Waals surface area contributed by atoms with Crippen LogP contribution in [0.25, 0.3) is 11.3 Å². The van der Waals surface area contributed by atoms with E-state index in [-0.39, 0.29) is 24.9 Å². The van der Waals surface area contributed by atoms with E-state index < -0.39 is 11.6 Å². The van der Waals surface area contributed by atoms with Gasteiger partial charge in [0.15, 0.2) is 5.13 Å². The first-order valence-corrected chi connectivity index (χ1v) is 11.0. The molecule has 2 fully saturated rings. The number of thiazole rings is 1. The molecular weight excluding hydrogens is 400 g/mol. The van der Waals surface area contributed by atoms with E-state index in [1.807, 2.05) is 35.7 Å². The van der Waals surface area contributed by atoms with Crippen molar-refractivity contribution in [2.45, 2.75) is 37.6 Å². The van der Waals surface area contributed by atoms with Crippen LogP contribution in [-0.2, 0) is 9.59 Å². The summed E-state index contributed by atoms with van der Waals surface area (Å²) in [4.78, 5) is 45.6. The van der Waals surface area contributed by atoms with Gasteiger partial charge in [0, 0.05) is 17.5 Å². The van der Waals surface area contributed by atoms with E-state index in [0.29, 0.717) is 18.0 Å². The molecule has 1 saturated heterocycles. The number of hydrogen-bond donors (Lipinski definition) is 1. The molecule has 0 unspecified atom stereocenters. The van der Waals surface area contributed by atoms with Gasteiger partial charge in [-0.3, -0.25) is 19.4 Å². The molecule has 2 aliphatic rings. The number of benzene rings is 1. The van der Waals surface area contributed by atoms with Gasteiger partial charge in [-0.1, -0.05) is 55.7 Å². The highest BCUT2D eigenvalue weighted by molar-refractivity contribution is 7.14. The fraction of sp³-hybridized carbons (Fsp3) is 0.364. The molecule has 0 atom stereocenters. The average Bonchev–Trinajstić information content (AvgIpc) is 3.33. The summed E-state index contributed by atoms with van der Waals surface area (Å²) < 4.78 is 0. The van der Waals surface area contributed by atoms with Crippen molar-refractivity contribution < 1.29 is 14.4 Å². The van der Waals surface area contributed by atoms with Gasteiger partial charge in [-0.05, 0) is 12.8 Å². The molecule has 2 heterocycles. The number of urea groups is 1. The molecule has 1 aliphatic carbocycles. The summed E-state index contributed by atoms with van der Waals surface area (Å²) in [5.74, 6) is -0.650. The van der Waals surface area contributed by atoms with Crippen LogP contribution in [0.15, 0.2) is 48.4 Å². The molecule has 1 saturated carbocycles. The predicted octanol–water partition coefficient (Wildman–Crippen LogP) is 3.58. The van der Waals surface area contributed by atoms with Crippen molar-refractivity contribution in [3.63, 3.8) is 0 Å². The summed E-state index contributed by atoms with van der Waals surface area (Å²) >= 11 is 1.34. The molecule has 156 valence electrons. The monoisotopic (exact) mass is 424 g/mol. The number of rotatable bonds is 6. The Morgan fingerprint density at radius 3 is 2.67 bits per heavy atom. The first kappa shape index (κ1) is 20.3. The highest BCUT2D eigenvalue weighted by atomic mass is 32.1. The Morgan fingerprint density at radius 1 is 1.23 bits per heavy atom. The maximum Gasteiger partial charge on any atom is 0.325 e. The molecule has 1 aliphatic heterocycles. The molecule has 2 aromatic rings. The Labute approximate surface area is 179 Å². The van der Waals surface area contributed by atoms with Crippen LogP contribution in [-0.4, -0.2) is 46.4 Å². The van der Waals surface area contributed by atoms with Gasteiger partial charge in [0.1, 0.15) is 12.1 Å². The number of carbonyl (C=O) groups excluding carboxylic acids is 3. The van der Waals surface area contributed by atoms with Crippen molar-refractivity contribution in [3.05, 3.63) is 48.4 Å². The largest absolute Gasteiger partial charge is 0.325 e. The minimum Gasteiger partial charge on any atom is -0.323 e. The van der Waals surface area contributed by atoms with E-state index in [1.165, 1.54) is 16.2 Å². The van der Waals surface area contributed by atoms with Crippen LogP contribution < -0.4 is 10.2 Å². The number of carbonyl (C=O) groups is 3. The normalized spacial score (nSPS) is 17.8. The van der Waals surface area contributed by atoms with Crippen LogP contribution in [0.5, 0.6) is 0 Å². The summed E-state index contributed by atoms with van der Waals surface area (Å²) in [5, 5.41) is 5.24. The molecule has 1 spiro atoms. The summed E-state index contributed by atoms with van der Waals surface area (Å²) in [7, 11) is 0. The maximum atomic E-state index is 13.1. The number of amides is 4. The standard InChI is InChI=1S/C22H24N4O3S/c1-2-13-25(21-23-17(15-30-21)16-9-5-3-6-10-16)18(27)14-26-19(28)22(24-20(26)29)11-7-4-8-12-22/h2-3,5-6,9-10,15H,1,4,7-8,11-14H2,(H,24,29). The van der Waals surface area contributed by atoms with Crippen LogP contribution >= 0.6 is 11.3 Å². The second kappa shape index (κ2) is 8.39. The van der Waals surface area contributed by atoms with Crippen molar-refractivity contribution in [3.8, 4) is 11.3 Å². The Bertz CT molecular complexity index is 966. The Balaban J connectivity index is 1.52. The molecule has 4 rings (SSSR count). The van der Waals surface area contributed by atoms with Gasteiger partial charge in [0.25, 0.3) is 5.91 Å². The summed E-state index contributed by atoms with van der Waals surface area (Å²) in [5.41, 5.74) is 0.897. The average molecular weight is 425 g/mol. The van der Waals surface area contributed by atoms with Gasteiger partial charge in [-0.15, -0.1) is 17.9 Å². The van der Waals surface area contributed by atoms with E-state index >= 15 is 0 Å². The molecule has 0 radical (unpaired) electrons.